The second kappa shape index (κ2) is 12.5. The summed E-state index contributed by atoms with van der Waals surface area (Å²) in [6, 6.07) is 0. The zero-order valence-electron chi connectivity index (χ0n) is 23.4. The van der Waals surface area contributed by atoms with E-state index in [0.717, 1.165) is 32.1 Å². The molecule has 38 heavy (non-hydrogen) atoms. The molecule has 4 aliphatic carbocycles. The van der Waals surface area contributed by atoms with Gasteiger partial charge < -0.3 is 30.1 Å². The molecule has 0 radical (unpaired) electrons. The van der Waals surface area contributed by atoms with Crippen molar-refractivity contribution in [3.8, 4) is 0 Å². The van der Waals surface area contributed by atoms with Crippen LogP contribution in [-0.4, -0.2) is 76.1 Å². The first-order chi connectivity index (χ1) is 17.2. The normalized spacial score (nSPS) is 45.2. The van der Waals surface area contributed by atoms with Crippen LogP contribution in [0, 0.1) is 52.3 Å². The molecule has 4 fully saturated rings. The molecule has 0 amide bonds. The van der Waals surface area contributed by atoms with Crippen molar-refractivity contribution >= 4 is 10.4 Å². The van der Waals surface area contributed by atoms with Crippen molar-refractivity contribution in [2.45, 2.75) is 103 Å². The van der Waals surface area contributed by atoms with Crippen LogP contribution in [0.1, 0.15) is 78.6 Å². The van der Waals surface area contributed by atoms with Gasteiger partial charge in [0.05, 0.1) is 37.6 Å². The molecule has 0 heterocycles. The van der Waals surface area contributed by atoms with E-state index in [1.54, 1.807) is 0 Å². The van der Waals surface area contributed by atoms with E-state index in [9.17, 15) is 38.5 Å². The second-order valence-corrected chi connectivity index (χ2v) is 14.3. The van der Waals surface area contributed by atoms with Crippen molar-refractivity contribution in [2.24, 2.45) is 52.3 Å². The molecule has 13 atom stereocenters. The van der Waals surface area contributed by atoms with Crippen LogP contribution in [0.3, 0.4) is 0 Å². The predicted octanol–water partition coefficient (Wildman–Crippen LogP) is -1.19. The number of rotatable bonds is 9. The quantitative estimate of drug-likeness (QED) is 0.130. The molecule has 4 saturated carbocycles. The Bertz CT molecular complexity index is 905. The summed E-state index contributed by atoms with van der Waals surface area (Å²) in [4.78, 5) is 0. The largest absolute Gasteiger partial charge is 1.00 e. The van der Waals surface area contributed by atoms with Crippen molar-refractivity contribution < 1.29 is 72.2 Å². The Kier molecular flexibility index (Phi) is 10.9. The van der Waals surface area contributed by atoms with Gasteiger partial charge in [-0.25, -0.2) is 8.42 Å². The van der Waals surface area contributed by atoms with E-state index in [1.165, 1.54) is 0 Å². The van der Waals surface area contributed by atoms with Crippen molar-refractivity contribution in [1.82, 2.24) is 0 Å². The summed E-state index contributed by atoms with van der Waals surface area (Å²) in [7, 11) is -4.90. The van der Waals surface area contributed by atoms with Gasteiger partial charge in [-0.2, -0.15) is 0 Å². The Hall–Kier alpha value is 0.670. The smallest absolute Gasteiger partial charge is 0.726 e. The predicted molar refractivity (Wildman–Crippen MR) is 135 cm³/mol. The topological polar surface area (TPSA) is 168 Å². The molecular weight excluding hydrogens is 523 g/mol. The van der Waals surface area contributed by atoms with E-state index in [0.29, 0.717) is 25.7 Å². The van der Waals surface area contributed by atoms with Crippen LogP contribution in [0.2, 0.25) is 0 Å². The molecule has 4 aliphatic rings. The Morgan fingerprint density at radius 3 is 2.34 bits per heavy atom. The molecule has 216 valence electrons. The average molecular weight is 571 g/mol. The number of aliphatic hydroxyl groups excluding tert-OH is 5. The van der Waals surface area contributed by atoms with Crippen molar-refractivity contribution in [3.63, 3.8) is 0 Å². The fourth-order valence-corrected chi connectivity index (χ4v) is 9.80. The third-order valence-corrected chi connectivity index (χ3v) is 12.1. The van der Waals surface area contributed by atoms with E-state index in [1.807, 2.05) is 0 Å². The van der Waals surface area contributed by atoms with Gasteiger partial charge in [0.1, 0.15) is 0 Å². The molecule has 0 aliphatic heterocycles. The molecule has 0 spiro atoms. The average Bonchev–Trinajstić information content (AvgIpc) is 3.17. The van der Waals surface area contributed by atoms with Gasteiger partial charge in [-0.3, -0.25) is 4.18 Å². The van der Waals surface area contributed by atoms with Crippen LogP contribution in [0.15, 0.2) is 0 Å². The third-order valence-electron chi connectivity index (χ3n) is 11.6. The first-order valence-electron chi connectivity index (χ1n) is 14.2. The minimum absolute atomic E-state index is 0. The Labute approximate surface area is 250 Å². The zero-order chi connectivity index (χ0) is 27.3. The molecule has 0 bridgehead atoms. The second-order valence-electron chi connectivity index (χ2n) is 13.3. The summed E-state index contributed by atoms with van der Waals surface area (Å²) in [6.45, 7) is 5.56. The number of aliphatic hydroxyl groups is 5. The van der Waals surface area contributed by atoms with Gasteiger partial charge in [-0.1, -0.05) is 20.8 Å². The van der Waals surface area contributed by atoms with Crippen molar-refractivity contribution in [1.29, 1.82) is 0 Å². The van der Waals surface area contributed by atoms with Crippen LogP contribution in [0.4, 0.5) is 0 Å². The first-order valence-corrected chi connectivity index (χ1v) is 15.5. The maximum absolute atomic E-state index is 11.7. The molecule has 9 nitrogen and oxygen atoms in total. The van der Waals surface area contributed by atoms with Crippen molar-refractivity contribution in [2.75, 3.05) is 13.2 Å². The van der Waals surface area contributed by atoms with Crippen LogP contribution in [0.5, 0.6) is 0 Å². The Morgan fingerprint density at radius 2 is 1.71 bits per heavy atom. The molecule has 11 heteroatoms. The van der Waals surface area contributed by atoms with E-state index in [-0.39, 0.29) is 82.0 Å². The minimum Gasteiger partial charge on any atom is -0.726 e. The molecule has 0 aromatic rings. The molecule has 4 rings (SSSR count). The number of hydrogen-bond donors (Lipinski definition) is 5. The summed E-state index contributed by atoms with van der Waals surface area (Å²) in [5.74, 6) is 0.355. The maximum Gasteiger partial charge on any atom is 1.00 e. The molecule has 0 saturated heterocycles. The number of fused-ring (bicyclic) bond motifs is 5. The van der Waals surface area contributed by atoms with Gasteiger partial charge >= 0.3 is 29.6 Å². The van der Waals surface area contributed by atoms with Crippen LogP contribution in [0.25, 0.3) is 0 Å². The Balaban J connectivity index is 0.00000400. The summed E-state index contributed by atoms with van der Waals surface area (Å²) in [5.41, 5.74) is -0.321. The Morgan fingerprint density at radius 1 is 1.03 bits per heavy atom. The van der Waals surface area contributed by atoms with Gasteiger partial charge in [0.2, 0.25) is 10.4 Å². The summed E-state index contributed by atoms with van der Waals surface area (Å²) < 4.78 is 36.5. The van der Waals surface area contributed by atoms with Gasteiger partial charge in [0.15, 0.2) is 0 Å². The summed E-state index contributed by atoms with van der Waals surface area (Å²) in [6.07, 6.45) is 4.42. The van der Waals surface area contributed by atoms with E-state index in [2.05, 4.69) is 25.0 Å². The minimum atomic E-state index is -4.90. The molecular formula is C27H47NaO9S. The van der Waals surface area contributed by atoms with Crippen LogP contribution in [-0.2, 0) is 14.6 Å². The molecule has 5 N–H and O–H groups in total. The van der Waals surface area contributed by atoms with Gasteiger partial charge in [0, 0.05) is 5.92 Å². The maximum atomic E-state index is 11.7. The van der Waals surface area contributed by atoms with Gasteiger partial charge in [-0.15, -0.1) is 0 Å². The summed E-state index contributed by atoms with van der Waals surface area (Å²) >= 11 is 0. The first kappa shape index (κ1) is 33.2. The van der Waals surface area contributed by atoms with Gasteiger partial charge in [0.25, 0.3) is 0 Å². The SMILES string of the molecule is C[C@H](CC[C@@H](O)C(CO)COS(=O)(=O)[O-])C1CCC2C3C(C[C@H](O)[C@@]21C)[C@@]1(C)CC[C@@H](O)CC1C[C@H]3O.[Na+]. The fourth-order valence-electron chi connectivity index (χ4n) is 9.46. The molecule has 6 unspecified atom stereocenters. The standard InChI is InChI=1S/C27H48O9S.Na/c1-15(4-7-22(30)16(13-28)14-36-37(33,34)35)19-5-6-20-25-21(12-24(32)27(19,20)3)26(2)9-8-18(29)10-17(26)11-23(25)31;/h15-25,28-32H,4-14H2,1-3H3,(H,33,34,35);/q;+1/p-1/t15-,16?,17?,18-,19?,20?,21?,22-,23-,24+,25?,26+,27-;/m1./s1. The summed E-state index contributed by atoms with van der Waals surface area (Å²) in [5, 5.41) is 53.4. The van der Waals surface area contributed by atoms with Crippen molar-refractivity contribution in [3.05, 3.63) is 0 Å². The number of hydrogen-bond acceptors (Lipinski definition) is 9. The molecule has 0 aromatic carbocycles. The fraction of sp³-hybridized carbons (Fsp3) is 1.00. The zero-order valence-corrected chi connectivity index (χ0v) is 26.2. The van der Waals surface area contributed by atoms with Crippen LogP contribution < -0.4 is 29.6 Å². The third kappa shape index (κ3) is 6.21. The van der Waals surface area contributed by atoms with Crippen LogP contribution >= 0.6 is 0 Å². The molecule has 0 aromatic heterocycles. The van der Waals surface area contributed by atoms with E-state index < -0.39 is 47.8 Å². The monoisotopic (exact) mass is 570 g/mol. The van der Waals surface area contributed by atoms with E-state index in [4.69, 9.17) is 0 Å². The van der Waals surface area contributed by atoms with Gasteiger partial charge in [-0.05, 0) is 104 Å². The van der Waals surface area contributed by atoms with E-state index >= 15 is 0 Å².